The number of phenols is 1. The number of aryl methyl sites for hydroxylation is 2. The summed E-state index contributed by atoms with van der Waals surface area (Å²) in [5.41, 5.74) is 9.26. The van der Waals surface area contributed by atoms with Gasteiger partial charge < -0.3 is 14.6 Å². The Morgan fingerprint density at radius 3 is 2.69 bits per heavy atom. The summed E-state index contributed by atoms with van der Waals surface area (Å²) >= 11 is 0. The number of nitrogens with zero attached hydrogens (tertiary/aromatic N) is 3. The number of amides is 1. The lowest BCUT2D eigenvalue weighted by molar-refractivity contribution is 0.0929. The van der Waals surface area contributed by atoms with Gasteiger partial charge >= 0.3 is 0 Å². The maximum absolute atomic E-state index is 12.8. The van der Waals surface area contributed by atoms with E-state index in [4.69, 9.17) is 0 Å². The van der Waals surface area contributed by atoms with Crippen LogP contribution in [0.3, 0.4) is 0 Å². The van der Waals surface area contributed by atoms with Crippen LogP contribution in [0.15, 0.2) is 36.5 Å². The number of nitrogens with one attached hydrogen (secondary N) is 2. The van der Waals surface area contributed by atoms with E-state index in [-0.39, 0.29) is 11.7 Å². The Kier molecular flexibility index (Phi) is 4.86. The minimum atomic E-state index is -0.267. The summed E-state index contributed by atoms with van der Waals surface area (Å²) in [4.78, 5) is 19.2. The molecule has 0 aliphatic carbocycles. The van der Waals surface area contributed by atoms with Crippen molar-refractivity contribution in [3.8, 4) is 5.75 Å². The number of hydrogen-bond acceptors (Lipinski definition) is 5. The fourth-order valence-corrected chi connectivity index (χ4v) is 3.94. The van der Waals surface area contributed by atoms with Gasteiger partial charge in [-0.1, -0.05) is 0 Å². The van der Waals surface area contributed by atoms with Crippen LogP contribution >= 0.6 is 0 Å². The van der Waals surface area contributed by atoms with Crippen molar-refractivity contribution in [1.82, 2.24) is 25.3 Å². The third-order valence-electron chi connectivity index (χ3n) is 5.36. The Balaban J connectivity index is 1.85. The number of hydrogen-bond donors (Lipinski definition) is 3. The Hall–Kier alpha value is -3.16. The molecule has 1 amide bonds. The molecule has 0 saturated heterocycles. The lowest BCUT2D eigenvalue weighted by Crippen LogP contribution is -2.41. The first kappa shape index (κ1) is 19.2. The van der Waals surface area contributed by atoms with Gasteiger partial charge in [-0.15, -0.1) is 0 Å². The molecule has 7 nitrogen and oxygen atoms in total. The van der Waals surface area contributed by atoms with Gasteiger partial charge in [0.05, 0.1) is 5.52 Å². The minimum absolute atomic E-state index is 0.219. The second-order valence-electron chi connectivity index (χ2n) is 7.60. The van der Waals surface area contributed by atoms with Gasteiger partial charge in [0.1, 0.15) is 11.4 Å². The van der Waals surface area contributed by atoms with Crippen molar-refractivity contribution in [2.24, 2.45) is 7.05 Å². The van der Waals surface area contributed by atoms with Crippen molar-refractivity contribution >= 4 is 38.5 Å². The van der Waals surface area contributed by atoms with Gasteiger partial charge in [0.25, 0.3) is 5.91 Å². The number of fused-ring (bicyclic) bond motifs is 4. The van der Waals surface area contributed by atoms with Crippen LogP contribution in [-0.4, -0.2) is 52.6 Å². The molecule has 0 fully saturated rings. The van der Waals surface area contributed by atoms with Crippen LogP contribution in [0.1, 0.15) is 16.1 Å². The van der Waals surface area contributed by atoms with Gasteiger partial charge in [-0.3, -0.25) is 15.2 Å². The number of rotatable bonds is 5. The first-order chi connectivity index (χ1) is 13.9. The predicted molar refractivity (Wildman–Crippen MR) is 116 cm³/mol. The summed E-state index contributed by atoms with van der Waals surface area (Å²) in [5.74, 6) is -0.0480. The predicted octanol–water partition coefficient (Wildman–Crippen LogP) is 2.69. The number of phenolic OH excluding ortho intramolecular Hbond substituents is 1. The van der Waals surface area contributed by atoms with Crippen LogP contribution in [0.2, 0.25) is 0 Å². The van der Waals surface area contributed by atoms with E-state index < -0.39 is 0 Å². The Labute approximate surface area is 168 Å². The highest BCUT2D eigenvalue weighted by Crippen LogP contribution is 2.36. The highest BCUT2D eigenvalue weighted by molar-refractivity contribution is 6.17. The Morgan fingerprint density at radius 2 is 1.93 bits per heavy atom. The molecule has 0 radical (unpaired) electrons. The van der Waals surface area contributed by atoms with E-state index >= 15 is 0 Å². The van der Waals surface area contributed by atoms with Crippen LogP contribution in [0.25, 0.3) is 32.6 Å². The highest BCUT2D eigenvalue weighted by atomic mass is 16.3. The molecule has 2 aromatic heterocycles. The van der Waals surface area contributed by atoms with Crippen LogP contribution in [0.5, 0.6) is 5.75 Å². The molecule has 0 aliphatic heterocycles. The molecule has 0 spiro atoms. The third-order valence-corrected chi connectivity index (χ3v) is 5.36. The zero-order valence-corrected chi connectivity index (χ0v) is 17.1. The van der Waals surface area contributed by atoms with Gasteiger partial charge in [-0.05, 0) is 62.3 Å². The molecular weight excluding hydrogens is 366 g/mol. The average Bonchev–Trinajstić information content (AvgIpc) is 2.96. The molecular formula is C22H25N5O2. The largest absolute Gasteiger partial charge is 0.508 e. The normalized spacial score (nSPS) is 11.8. The summed E-state index contributed by atoms with van der Waals surface area (Å²) < 4.78 is 2.13. The van der Waals surface area contributed by atoms with Crippen LogP contribution in [0, 0.1) is 6.92 Å². The third kappa shape index (κ3) is 3.28. The molecule has 29 heavy (non-hydrogen) atoms. The van der Waals surface area contributed by atoms with Gasteiger partial charge in [0.15, 0.2) is 0 Å². The first-order valence-electron chi connectivity index (χ1n) is 9.56. The number of likely N-dealkylation sites (N-methyl/N-ethyl adjacent to an activating group) is 1. The summed E-state index contributed by atoms with van der Waals surface area (Å²) in [6, 6.07) is 9.31. The molecule has 4 aromatic rings. The van der Waals surface area contributed by atoms with E-state index in [1.165, 1.54) is 0 Å². The molecule has 0 unspecified atom stereocenters. The summed E-state index contributed by atoms with van der Waals surface area (Å²) in [7, 11) is 5.97. The second-order valence-corrected chi connectivity index (χ2v) is 7.60. The smallest absolute Gasteiger partial charge is 0.284 e. The summed E-state index contributed by atoms with van der Waals surface area (Å²) in [5, 5.41) is 13.7. The number of aromatic nitrogens is 2. The molecule has 0 saturated carbocycles. The van der Waals surface area contributed by atoms with Gasteiger partial charge in [0, 0.05) is 48.0 Å². The maximum atomic E-state index is 12.8. The molecule has 150 valence electrons. The fourth-order valence-electron chi connectivity index (χ4n) is 3.94. The average molecular weight is 391 g/mol. The van der Waals surface area contributed by atoms with Crippen LogP contribution in [-0.2, 0) is 7.05 Å². The van der Waals surface area contributed by atoms with Gasteiger partial charge in [-0.2, -0.15) is 0 Å². The van der Waals surface area contributed by atoms with E-state index in [9.17, 15) is 9.90 Å². The number of pyridine rings is 1. The number of aromatic hydroxyl groups is 1. The van der Waals surface area contributed by atoms with E-state index in [0.29, 0.717) is 12.2 Å². The lowest BCUT2D eigenvalue weighted by atomic mass is 10.00. The van der Waals surface area contributed by atoms with Gasteiger partial charge in [-0.25, -0.2) is 5.43 Å². The molecule has 7 heteroatoms. The molecule has 0 aliphatic rings. The van der Waals surface area contributed by atoms with Crippen molar-refractivity contribution in [2.45, 2.75) is 6.92 Å². The SMILES string of the molecule is Cc1c2ccnc(C(=O)NNCCN(C)C)c2cc2c3cc(O)ccc3n(C)c12. The molecule has 0 bridgehead atoms. The molecule has 2 aromatic carbocycles. The van der Waals surface area contributed by atoms with Crippen molar-refractivity contribution in [1.29, 1.82) is 0 Å². The van der Waals surface area contributed by atoms with Crippen molar-refractivity contribution in [2.75, 3.05) is 27.2 Å². The Morgan fingerprint density at radius 1 is 1.14 bits per heavy atom. The van der Waals surface area contributed by atoms with E-state index in [0.717, 1.165) is 44.7 Å². The topological polar surface area (TPSA) is 82.4 Å². The van der Waals surface area contributed by atoms with Crippen LogP contribution in [0.4, 0.5) is 0 Å². The number of carbonyl (C=O) groups is 1. The minimum Gasteiger partial charge on any atom is -0.508 e. The van der Waals surface area contributed by atoms with E-state index in [2.05, 4.69) is 27.3 Å². The van der Waals surface area contributed by atoms with Crippen molar-refractivity contribution in [3.63, 3.8) is 0 Å². The van der Waals surface area contributed by atoms with Crippen molar-refractivity contribution < 1.29 is 9.90 Å². The first-order valence-corrected chi connectivity index (χ1v) is 9.56. The number of carbonyl (C=O) groups excluding carboxylic acids is 1. The van der Waals surface area contributed by atoms with E-state index in [1.807, 2.05) is 44.2 Å². The zero-order chi connectivity index (χ0) is 20.7. The zero-order valence-electron chi connectivity index (χ0n) is 17.1. The number of hydrazine groups is 1. The monoisotopic (exact) mass is 391 g/mol. The molecule has 0 atom stereocenters. The molecule has 2 heterocycles. The quantitative estimate of drug-likeness (QED) is 0.360. The second kappa shape index (κ2) is 7.35. The molecule has 4 rings (SSSR count). The summed E-state index contributed by atoms with van der Waals surface area (Å²) in [6.07, 6.45) is 1.67. The standard InChI is InChI=1S/C22H25N5O2/c1-13-15-7-8-23-20(22(29)25-24-9-10-26(2)3)17(15)12-18-16-11-14(28)5-6-19(16)27(4)21(13)18/h5-8,11-12,24,28H,9-10H2,1-4H3,(H,25,29). The highest BCUT2D eigenvalue weighted by Gasteiger charge is 2.18. The van der Waals surface area contributed by atoms with E-state index in [1.54, 1.807) is 18.3 Å². The Bertz CT molecular complexity index is 1240. The van der Waals surface area contributed by atoms with Crippen molar-refractivity contribution in [3.05, 3.63) is 47.8 Å². The fraction of sp³-hybridized carbons (Fsp3) is 0.273. The van der Waals surface area contributed by atoms with Gasteiger partial charge in [0.2, 0.25) is 0 Å². The molecule has 3 N–H and O–H groups in total. The number of benzene rings is 2. The lowest BCUT2D eigenvalue weighted by Gasteiger charge is -2.13. The maximum Gasteiger partial charge on any atom is 0.284 e. The van der Waals surface area contributed by atoms with Crippen LogP contribution < -0.4 is 10.9 Å². The summed E-state index contributed by atoms with van der Waals surface area (Å²) in [6.45, 7) is 3.50.